The first kappa shape index (κ1) is 23.4. The predicted molar refractivity (Wildman–Crippen MR) is 141 cm³/mol. The van der Waals surface area contributed by atoms with E-state index in [-0.39, 0.29) is 24.3 Å². The van der Waals surface area contributed by atoms with Crippen molar-refractivity contribution in [1.29, 1.82) is 0 Å². The second-order valence-corrected chi connectivity index (χ2v) is 10.4. The fraction of sp³-hybridized carbons (Fsp3) is 0.310. The number of para-hydroxylation sites is 1. The number of thiophene rings is 1. The van der Waals surface area contributed by atoms with Gasteiger partial charge in [-0.1, -0.05) is 61.4 Å². The summed E-state index contributed by atoms with van der Waals surface area (Å²) in [5.74, 6) is -0.145. The summed E-state index contributed by atoms with van der Waals surface area (Å²) >= 11 is 1.61. The highest BCUT2D eigenvalue weighted by atomic mass is 32.1. The number of nitrogens with one attached hydrogen (secondary N) is 2. The van der Waals surface area contributed by atoms with E-state index in [4.69, 9.17) is 0 Å². The van der Waals surface area contributed by atoms with Gasteiger partial charge in [0.05, 0.1) is 13.0 Å². The third-order valence-corrected chi connectivity index (χ3v) is 7.85. The number of hydrogen-bond acceptors (Lipinski definition) is 3. The molecular formula is C29H31N3O2S. The molecule has 0 spiro atoms. The van der Waals surface area contributed by atoms with E-state index in [2.05, 4.69) is 10.3 Å². The summed E-state index contributed by atoms with van der Waals surface area (Å²) in [5.41, 5.74) is 3.85. The van der Waals surface area contributed by atoms with Gasteiger partial charge in [-0.2, -0.15) is 0 Å². The maximum Gasteiger partial charge on any atom is 0.247 e. The molecule has 0 saturated heterocycles. The van der Waals surface area contributed by atoms with Crippen LogP contribution in [0.2, 0.25) is 0 Å². The van der Waals surface area contributed by atoms with Crippen molar-refractivity contribution >= 4 is 34.1 Å². The van der Waals surface area contributed by atoms with Crippen LogP contribution in [0.3, 0.4) is 0 Å². The molecule has 35 heavy (non-hydrogen) atoms. The van der Waals surface area contributed by atoms with Crippen molar-refractivity contribution in [1.82, 2.24) is 15.2 Å². The van der Waals surface area contributed by atoms with Gasteiger partial charge < -0.3 is 15.2 Å². The summed E-state index contributed by atoms with van der Waals surface area (Å²) in [4.78, 5) is 33.9. The number of H-pyrrole nitrogens is 1. The van der Waals surface area contributed by atoms with Crippen LogP contribution in [-0.2, 0) is 22.6 Å². The number of aryl methyl sites for hydroxylation is 1. The molecule has 2 aromatic carbocycles. The average Bonchev–Trinajstić information content (AvgIpc) is 3.63. The lowest BCUT2D eigenvalue weighted by Gasteiger charge is -2.33. The molecule has 1 aliphatic rings. The van der Waals surface area contributed by atoms with Gasteiger partial charge >= 0.3 is 0 Å². The SMILES string of the molecule is Cc1ccccc1C(C(=O)NC1CCCC1)N(Cc1cccs1)C(=O)Cc1c[nH]c2ccccc12. The molecule has 2 heterocycles. The Morgan fingerprint density at radius 1 is 1.06 bits per heavy atom. The van der Waals surface area contributed by atoms with Crippen LogP contribution in [0.25, 0.3) is 10.9 Å². The lowest BCUT2D eigenvalue weighted by atomic mass is 9.97. The molecule has 5 nitrogen and oxygen atoms in total. The van der Waals surface area contributed by atoms with E-state index in [1.807, 2.05) is 79.2 Å². The van der Waals surface area contributed by atoms with E-state index in [0.29, 0.717) is 6.54 Å². The van der Waals surface area contributed by atoms with Crippen molar-refractivity contribution in [2.45, 2.75) is 57.7 Å². The van der Waals surface area contributed by atoms with Crippen LogP contribution in [0.5, 0.6) is 0 Å². The Morgan fingerprint density at radius 3 is 2.60 bits per heavy atom. The zero-order valence-electron chi connectivity index (χ0n) is 20.0. The number of aromatic amines is 1. The molecule has 2 amide bonds. The van der Waals surface area contributed by atoms with Gasteiger partial charge in [0.1, 0.15) is 6.04 Å². The highest BCUT2D eigenvalue weighted by Gasteiger charge is 2.34. The summed E-state index contributed by atoms with van der Waals surface area (Å²) in [6.45, 7) is 2.41. The Balaban J connectivity index is 1.52. The Kier molecular flexibility index (Phi) is 7.00. The molecule has 2 aromatic heterocycles. The van der Waals surface area contributed by atoms with Crippen LogP contribution in [0, 0.1) is 6.92 Å². The van der Waals surface area contributed by atoms with Crippen molar-refractivity contribution in [3.05, 3.63) is 93.8 Å². The minimum Gasteiger partial charge on any atom is -0.361 e. The lowest BCUT2D eigenvalue weighted by molar-refractivity contribution is -0.141. The van der Waals surface area contributed by atoms with E-state index in [1.165, 1.54) is 0 Å². The predicted octanol–water partition coefficient (Wildman–Crippen LogP) is 5.91. The summed E-state index contributed by atoms with van der Waals surface area (Å²) in [6, 6.07) is 19.4. The number of amides is 2. The van der Waals surface area contributed by atoms with Gasteiger partial charge in [-0.05, 0) is 54.0 Å². The normalized spacial score (nSPS) is 14.8. The Hall–Kier alpha value is -3.38. The zero-order chi connectivity index (χ0) is 24.2. The number of fused-ring (bicyclic) bond motifs is 1. The standard InChI is InChI=1S/C29H31N3O2S/c1-20-9-2-5-13-24(20)28(29(34)31-22-10-3-4-11-22)32(19-23-12-8-16-35-23)27(33)17-21-18-30-26-15-7-6-14-25(21)26/h2,5-9,12-16,18,22,28,30H,3-4,10-11,17,19H2,1H3,(H,31,34). The van der Waals surface area contributed by atoms with Gasteiger partial charge in [0.25, 0.3) is 0 Å². The minimum atomic E-state index is -0.684. The minimum absolute atomic E-state index is 0.0574. The molecule has 1 saturated carbocycles. The second-order valence-electron chi connectivity index (χ2n) is 9.39. The molecule has 1 atom stereocenters. The van der Waals surface area contributed by atoms with Gasteiger partial charge in [0, 0.05) is 28.0 Å². The molecule has 1 fully saturated rings. The molecular weight excluding hydrogens is 454 g/mol. The van der Waals surface area contributed by atoms with Crippen LogP contribution in [0.1, 0.15) is 53.3 Å². The number of nitrogens with zero attached hydrogens (tertiary/aromatic N) is 1. The third-order valence-electron chi connectivity index (χ3n) is 6.99. The summed E-state index contributed by atoms with van der Waals surface area (Å²) in [5, 5.41) is 6.33. The van der Waals surface area contributed by atoms with Gasteiger partial charge in [0.15, 0.2) is 0 Å². The van der Waals surface area contributed by atoms with Crippen molar-refractivity contribution < 1.29 is 9.59 Å². The summed E-state index contributed by atoms with van der Waals surface area (Å²) < 4.78 is 0. The molecule has 0 radical (unpaired) electrons. The Morgan fingerprint density at radius 2 is 1.83 bits per heavy atom. The first-order chi connectivity index (χ1) is 17.1. The van der Waals surface area contributed by atoms with Crippen LogP contribution in [-0.4, -0.2) is 27.7 Å². The smallest absolute Gasteiger partial charge is 0.247 e. The van der Waals surface area contributed by atoms with Crippen LogP contribution < -0.4 is 5.32 Å². The third kappa shape index (κ3) is 5.17. The van der Waals surface area contributed by atoms with Crippen molar-refractivity contribution in [2.75, 3.05) is 0 Å². The highest BCUT2D eigenvalue weighted by molar-refractivity contribution is 7.09. The molecule has 5 rings (SSSR count). The van der Waals surface area contributed by atoms with E-state index >= 15 is 0 Å². The molecule has 0 bridgehead atoms. The largest absolute Gasteiger partial charge is 0.361 e. The van der Waals surface area contributed by atoms with Crippen LogP contribution in [0.4, 0.5) is 0 Å². The molecule has 1 unspecified atom stereocenters. The number of carbonyl (C=O) groups is 2. The molecule has 6 heteroatoms. The maximum absolute atomic E-state index is 14.0. The van der Waals surface area contributed by atoms with Gasteiger partial charge in [-0.15, -0.1) is 11.3 Å². The lowest BCUT2D eigenvalue weighted by Crippen LogP contribution is -2.46. The Labute approximate surface area is 210 Å². The quantitative estimate of drug-likeness (QED) is 0.326. The van der Waals surface area contributed by atoms with Crippen molar-refractivity contribution in [2.24, 2.45) is 0 Å². The Bertz CT molecular complexity index is 1300. The number of carbonyl (C=O) groups excluding carboxylic acids is 2. The first-order valence-corrected chi connectivity index (χ1v) is 13.2. The molecule has 2 N–H and O–H groups in total. The average molecular weight is 486 g/mol. The monoisotopic (exact) mass is 485 g/mol. The topological polar surface area (TPSA) is 65.2 Å². The number of hydrogen-bond donors (Lipinski definition) is 2. The first-order valence-electron chi connectivity index (χ1n) is 12.3. The van der Waals surface area contributed by atoms with Crippen LogP contribution >= 0.6 is 11.3 Å². The van der Waals surface area contributed by atoms with E-state index in [9.17, 15) is 9.59 Å². The zero-order valence-corrected chi connectivity index (χ0v) is 20.8. The molecule has 0 aliphatic heterocycles. The molecule has 1 aliphatic carbocycles. The van der Waals surface area contributed by atoms with E-state index in [0.717, 1.165) is 58.2 Å². The van der Waals surface area contributed by atoms with Crippen LogP contribution in [0.15, 0.2) is 72.2 Å². The highest BCUT2D eigenvalue weighted by Crippen LogP contribution is 2.30. The van der Waals surface area contributed by atoms with Crippen molar-refractivity contribution in [3.63, 3.8) is 0 Å². The number of aromatic nitrogens is 1. The van der Waals surface area contributed by atoms with E-state index < -0.39 is 6.04 Å². The summed E-state index contributed by atoms with van der Waals surface area (Å²) in [7, 11) is 0. The second kappa shape index (κ2) is 10.5. The molecule has 4 aromatic rings. The van der Waals surface area contributed by atoms with Gasteiger partial charge in [-0.3, -0.25) is 9.59 Å². The maximum atomic E-state index is 14.0. The van der Waals surface area contributed by atoms with Crippen molar-refractivity contribution in [3.8, 4) is 0 Å². The summed E-state index contributed by atoms with van der Waals surface area (Å²) in [6.07, 6.45) is 6.42. The fourth-order valence-electron chi connectivity index (χ4n) is 5.13. The number of benzene rings is 2. The number of rotatable bonds is 8. The van der Waals surface area contributed by atoms with Gasteiger partial charge in [0.2, 0.25) is 11.8 Å². The van der Waals surface area contributed by atoms with Gasteiger partial charge in [-0.25, -0.2) is 0 Å². The fourth-order valence-corrected chi connectivity index (χ4v) is 5.83. The molecule has 180 valence electrons. The van der Waals surface area contributed by atoms with E-state index in [1.54, 1.807) is 16.2 Å².